The Hall–Kier alpha value is -1.81. The number of aliphatic hydroxyl groups excluding tert-OH is 1. The van der Waals surface area contributed by atoms with Crippen molar-refractivity contribution in [1.82, 2.24) is 9.55 Å². The predicted molar refractivity (Wildman–Crippen MR) is 86.5 cm³/mol. The Balaban J connectivity index is 2.01. The summed E-state index contributed by atoms with van der Waals surface area (Å²) in [6.45, 7) is 6.22. The summed E-state index contributed by atoms with van der Waals surface area (Å²) in [5.41, 5.74) is 1.18. The molecule has 1 aromatic carbocycles. The Morgan fingerprint density at radius 3 is 2.62 bits per heavy atom. The lowest BCUT2D eigenvalue weighted by Gasteiger charge is -2.32. The van der Waals surface area contributed by atoms with Crippen LogP contribution in [0.15, 0.2) is 42.7 Å². The molecule has 0 amide bonds. The van der Waals surface area contributed by atoms with Gasteiger partial charge in [-0.1, -0.05) is 25.1 Å². The lowest BCUT2D eigenvalue weighted by Crippen LogP contribution is -2.38. The molecule has 0 aliphatic rings. The summed E-state index contributed by atoms with van der Waals surface area (Å²) in [5, 5.41) is 9.63. The highest BCUT2D eigenvalue weighted by molar-refractivity contribution is 5.47. The van der Waals surface area contributed by atoms with Gasteiger partial charge in [-0.2, -0.15) is 0 Å². The van der Waals surface area contributed by atoms with Gasteiger partial charge in [-0.15, -0.1) is 0 Å². The Morgan fingerprint density at radius 2 is 2.05 bits per heavy atom. The first-order valence-corrected chi connectivity index (χ1v) is 7.66. The number of rotatable bonds is 8. The van der Waals surface area contributed by atoms with E-state index in [4.69, 9.17) is 0 Å². The van der Waals surface area contributed by atoms with E-state index < -0.39 is 0 Å². The third kappa shape index (κ3) is 4.08. The lowest BCUT2D eigenvalue weighted by atomic mass is 10.1. The molecule has 1 N–H and O–H groups in total. The van der Waals surface area contributed by atoms with Crippen LogP contribution in [0.1, 0.15) is 25.6 Å². The monoisotopic (exact) mass is 287 g/mol. The van der Waals surface area contributed by atoms with Gasteiger partial charge in [0.25, 0.3) is 0 Å². The molecule has 114 valence electrons. The standard InChI is InChI=1S/C17H25N3O/c1-3-16(14-21)20(17-8-5-4-6-9-17)12-7-11-19-13-10-18-15(19)2/h4-6,8-10,13,16,21H,3,7,11-12,14H2,1-2H3. The summed E-state index contributed by atoms with van der Waals surface area (Å²) in [6.07, 6.45) is 5.83. The van der Waals surface area contributed by atoms with Crippen LogP contribution in [0.2, 0.25) is 0 Å². The topological polar surface area (TPSA) is 41.3 Å². The van der Waals surface area contributed by atoms with E-state index in [1.807, 2.05) is 37.5 Å². The fraction of sp³-hybridized carbons (Fsp3) is 0.471. The van der Waals surface area contributed by atoms with E-state index in [0.717, 1.165) is 31.8 Å². The van der Waals surface area contributed by atoms with Crippen molar-refractivity contribution in [2.75, 3.05) is 18.1 Å². The minimum Gasteiger partial charge on any atom is -0.394 e. The Bertz CT molecular complexity index is 520. The predicted octanol–water partition coefficient (Wildman–Crippen LogP) is 2.86. The van der Waals surface area contributed by atoms with Crippen molar-refractivity contribution >= 4 is 5.69 Å². The van der Waals surface area contributed by atoms with Gasteiger partial charge in [-0.25, -0.2) is 4.98 Å². The van der Waals surface area contributed by atoms with Crippen molar-refractivity contribution in [1.29, 1.82) is 0 Å². The summed E-state index contributed by atoms with van der Waals surface area (Å²) in [6, 6.07) is 10.5. The van der Waals surface area contributed by atoms with Crippen molar-refractivity contribution in [2.24, 2.45) is 0 Å². The summed E-state index contributed by atoms with van der Waals surface area (Å²) in [5.74, 6) is 1.05. The molecule has 21 heavy (non-hydrogen) atoms. The van der Waals surface area contributed by atoms with Crippen LogP contribution < -0.4 is 4.90 Å². The first-order valence-electron chi connectivity index (χ1n) is 7.66. The molecule has 0 saturated carbocycles. The first-order chi connectivity index (χ1) is 10.3. The first kappa shape index (κ1) is 15.6. The van der Waals surface area contributed by atoms with Crippen LogP contribution in [0.25, 0.3) is 0 Å². The molecule has 0 aliphatic heterocycles. The fourth-order valence-electron chi connectivity index (χ4n) is 2.64. The van der Waals surface area contributed by atoms with Crippen molar-refractivity contribution in [3.05, 3.63) is 48.5 Å². The molecule has 4 heteroatoms. The normalized spacial score (nSPS) is 12.3. The van der Waals surface area contributed by atoms with E-state index in [1.165, 1.54) is 5.69 Å². The molecule has 2 rings (SSSR count). The molecule has 0 aliphatic carbocycles. The molecule has 2 aromatic rings. The average Bonchev–Trinajstić information content (AvgIpc) is 2.93. The average molecular weight is 287 g/mol. The molecule has 1 atom stereocenters. The Kier molecular flexibility index (Phi) is 5.81. The number of hydrogen-bond acceptors (Lipinski definition) is 3. The number of para-hydroxylation sites is 1. The number of anilines is 1. The minimum absolute atomic E-state index is 0.177. The van der Waals surface area contributed by atoms with E-state index in [0.29, 0.717) is 0 Å². The van der Waals surface area contributed by atoms with Gasteiger partial charge in [-0.3, -0.25) is 0 Å². The highest BCUT2D eigenvalue weighted by atomic mass is 16.3. The van der Waals surface area contributed by atoms with Gasteiger partial charge in [0.15, 0.2) is 0 Å². The van der Waals surface area contributed by atoms with Crippen LogP contribution in [0.3, 0.4) is 0 Å². The maximum atomic E-state index is 9.63. The van der Waals surface area contributed by atoms with Crippen LogP contribution in [0.5, 0.6) is 0 Å². The lowest BCUT2D eigenvalue weighted by molar-refractivity contribution is 0.255. The van der Waals surface area contributed by atoms with Crippen molar-refractivity contribution < 1.29 is 5.11 Å². The minimum atomic E-state index is 0.177. The summed E-state index contributed by atoms with van der Waals surface area (Å²) in [4.78, 5) is 6.56. The highest BCUT2D eigenvalue weighted by Gasteiger charge is 2.16. The molecule has 0 bridgehead atoms. The van der Waals surface area contributed by atoms with E-state index >= 15 is 0 Å². The second-order valence-corrected chi connectivity index (χ2v) is 5.29. The summed E-state index contributed by atoms with van der Waals surface area (Å²) in [7, 11) is 0. The molecule has 4 nitrogen and oxygen atoms in total. The van der Waals surface area contributed by atoms with Crippen LogP contribution >= 0.6 is 0 Å². The van der Waals surface area contributed by atoms with Gasteiger partial charge in [-0.05, 0) is 31.9 Å². The van der Waals surface area contributed by atoms with Gasteiger partial charge in [0.05, 0.1) is 12.6 Å². The second kappa shape index (κ2) is 7.84. The number of hydrogen-bond donors (Lipinski definition) is 1. The van der Waals surface area contributed by atoms with Crippen LogP contribution in [-0.4, -0.2) is 33.9 Å². The molecule has 0 radical (unpaired) electrons. The van der Waals surface area contributed by atoms with Gasteiger partial charge in [0.1, 0.15) is 5.82 Å². The van der Waals surface area contributed by atoms with E-state index in [9.17, 15) is 5.11 Å². The maximum absolute atomic E-state index is 9.63. The number of aromatic nitrogens is 2. The number of aryl methyl sites for hydroxylation is 2. The number of nitrogens with zero attached hydrogens (tertiary/aromatic N) is 3. The van der Waals surface area contributed by atoms with E-state index in [1.54, 1.807) is 0 Å². The summed E-state index contributed by atoms with van der Waals surface area (Å²) >= 11 is 0. The molecule has 0 saturated heterocycles. The van der Waals surface area contributed by atoms with Gasteiger partial charge < -0.3 is 14.6 Å². The Labute approximate surface area is 127 Å². The molecular formula is C17H25N3O. The van der Waals surface area contributed by atoms with E-state index in [2.05, 4.69) is 33.5 Å². The van der Waals surface area contributed by atoms with Crippen molar-refractivity contribution in [3.63, 3.8) is 0 Å². The van der Waals surface area contributed by atoms with Gasteiger partial charge in [0.2, 0.25) is 0 Å². The van der Waals surface area contributed by atoms with Crippen LogP contribution in [0.4, 0.5) is 5.69 Å². The second-order valence-electron chi connectivity index (χ2n) is 5.29. The fourth-order valence-corrected chi connectivity index (χ4v) is 2.64. The van der Waals surface area contributed by atoms with Gasteiger partial charge in [0, 0.05) is 31.2 Å². The molecule has 1 aromatic heterocycles. The zero-order chi connectivity index (χ0) is 15.1. The van der Waals surface area contributed by atoms with Gasteiger partial charge >= 0.3 is 0 Å². The SMILES string of the molecule is CCC(CO)N(CCCn1ccnc1C)c1ccccc1. The number of benzene rings is 1. The largest absolute Gasteiger partial charge is 0.394 e. The third-order valence-corrected chi connectivity index (χ3v) is 3.93. The Morgan fingerprint density at radius 1 is 1.29 bits per heavy atom. The third-order valence-electron chi connectivity index (χ3n) is 3.93. The highest BCUT2D eigenvalue weighted by Crippen LogP contribution is 2.18. The molecule has 1 unspecified atom stereocenters. The maximum Gasteiger partial charge on any atom is 0.105 e. The molecular weight excluding hydrogens is 262 g/mol. The smallest absolute Gasteiger partial charge is 0.105 e. The van der Waals surface area contributed by atoms with Crippen molar-refractivity contribution in [3.8, 4) is 0 Å². The number of imidazole rings is 1. The van der Waals surface area contributed by atoms with Crippen LogP contribution in [-0.2, 0) is 6.54 Å². The summed E-state index contributed by atoms with van der Waals surface area (Å²) < 4.78 is 2.17. The van der Waals surface area contributed by atoms with E-state index in [-0.39, 0.29) is 12.6 Å². The molecule has 1 heterocycles. The molecule has 0 fully saturated rings. The number of aliphatic hydroxyl groups is 1. The molecule has 0 spiro atoms. The van der Waals surface area contributed by atoms with Crippen LogP contribution in [0, 0.1) is 6.92 Å². The quantitative estimate of drug-likeness (QED) is 0.811. The zero-order valence-electron chi connectivity index (χ0n) is 12.9. The zero-order valence-corrected chi connectivity index (χ0v) is 12.9. The van der Waals surface area contributed by atoms with Crippen molar-refractivity contribution in [2.45, 2.75) is 39.3 Å².